The van der Waals surface area contributed by atoms with Gasteiger partial charge in [-0.05, 0) is 18.7 Å². The number of benzene rings is 1. The minimum Gasteiger partial charge on any atom is -0.330 e. The molecule has 5 nitrogen and oxygen atoms in total. The highest BCUT2D eigenvalue weighted by Gasteiger charge is 2.06. The molecule has 0 aliphatic rings. The van der Waals surface area contributed by atoms with E-state index in [-0.39, 0.29) is 0 Å². The van der Waals surface area contributed by atoms with Gasteiger partial charge in [0.2, 0.25) is 0 Å². The molecule has 5 heteroatoms. The van der Waals surface area contributed by atoms with Gasteiger partial charge in [0.25, 0.3) is 0 Å². The van der Waals surface area contributed by atoms with Gasteiger partial charge in [-0.15, -0.1) is 5.10 Å². The van der Waals surface area contributed by atoms with E-state index in [9.17, 15) is 0 Å². The van der Waals surface area contributed by atoms with Crippen molar-refractivity contribution in [1.82, 2.24) is 20.0 Å². The molecule has 0 spiro atoms. The molecule has 2 N–H and O–H groups in total. The highest BCUT2D eigenvalue weighted by molar-refractivity contribution is 5.85. The summed E-state index contributed by atoms with van der Waals surface area (Å²) in [5.41, 5.74) is 8.26. The number of para-hydroxylation sites is 1. The lowest BCUT2D eigenvalue weighted by Gasteiger charge is -2.03. The van der Waals surface area contributed by atoms with Crippen molar-refractivity contribution >= 4 is 10.9 Å². The molecule has 0 aliphatic heterocycles. The second-order valence-corrected chi connectivity index (χ2v) is 4.05. The van der Waals surface area contributed by atoms with E-state index in [1.807, 2.05) is 36.5 Å². The quantitative estimate of drug-likeness (QED) is 0.748. The van der Waals surface area contributed by atoms with Crippen LogP contribution in [0.5, 0.6) is 0 Å². The molecule has 0 aliphatic carbocycles. The minimum absolute atomic E-state index is 0.576. The van der Waals surface area contributed by atoms with Crippen molar-refractivity contribution in [2.24, 2.45) is 5.73 Å². The fourth-order valence-electron chi connectivity index (χ4n) is 1.95. The zero-order valence-electron chi connectivity index (χ0n) is 9.82. The van der Waals surface area contributed by atoms with Crippen LogP contribution in [0.15, 0.2) is 42.7 Å². The van der Waals surface area contributed by atoms with E-state index in [0.29, 0.717) is 6.54 Å². The summed E-state index contributed by atoms with van der Waals surface area (Å²) < 4.78 is 1.75. The number of fused-ring (bicyclic) bond motifs is 1. The molecular weight excluding hydrogens is 226 g/mol. The number of hydrogen-bond donors (Lipinski definition) is 1. The van der Waals surface area contributed by atoms with Crippen molar-refractivity contribution in [2.75, 3.05) is 6.54 Å². The molecule has 3 rings (SSSR count). The normalized spacial score (nSPS) is 10.9. The molecule has 2 aromatic heterocycles. The van der Waals surface area contributed by atoms with E-state index >= 15 is 0 Å². The predicted molar refractivity (Wildman–Crippen MR) is 69.4 cm³/mol. The smallest absolute Gasteiger partial charge is 0.0959 e. The molecule has 0 atom stereocenters. The van der Waals surface area contributed by atoms with E-state index < -0.39 is 0 Å². The van der Waals surface area contributed by atoms with E-state index in [1.54, 1.807) is 10.9 Å². The number of pyridine rings is 1. The lowest BCUT2D eigenvalue weighted by atomic mass is 10.2. The second kappa shape index (κ2) is 4.54. The first kappa shape index (κ1) is 10.9. The Morgan fingerprint density at radius 3 is 2.94 bits per heavy atom. The summed E-state index contributed by atoms with van der Waals surface area (Å²) in [6, 6.07) is 9.96. The SMILES string of the molecule is NCCc1cn(-c2cccc3cccnc23)nn1. The number of nitrogens with zero attached hydrogens (tertiary/aromatic N) is 4. The minimum atomic E-state index is 0.576. The second-order valence-electron chi connectivity index (χ2n) is 4.05. The van der Waals surface area contributed by atoms with Gasteiger partial charge in [0.15, 0.2) is 0 Å². The van der Waals surface area contributed by atoms with Gasteiger partial charge in [0.1, 0.15) is 0 Å². The predicted octanol–water partition coefficient (Wildman–Crippen LogP) is 1.32. The van der Waals surface area contributed by atoms with Crippen LogP contribution in [-0.2, 0) is 6.42 Å². The summed E-state index contributed by atoms with van der Waals surface area (Å²) in [6.07, 6.45) is 4.41. The zero-order valence-corrected chi connectivity index (χ0v) is 9.82. The summed E-state index contributed by atoms with van der Waals surface area (Å²) in [4.78, 5) is 4.40. The molecule has 0 radical (unpaired) electrons. The lowest BCUT2D eigenvalue weighted by molar-refractivity contribution is 0.797. The third kappa shape index (κ3) is 1.84. The Morgan fingerprint density at radius 2 is 2.06 bits per heavy atom. The topological polar surface area (TPSA) is 69.6 Å². The molecule has 0 fully saturated rings. The Labute approximate surface area is 104 Å². The largest absolute Gasteiger partial charge is 0.330 e. The van der Waals surface area contributed by atoms with Crippen LogP contribution in [-0.4, -0.2) is 26.5 Å². The average Bonchev–Trinajstić information content (AvgIpc) is 2.87. The maximum Gasteiger partial charge on any atom is 0.0959 e. The molecule has 0 saturated carbocycles. The van der Waals surface area contributed by atoms with Gasteiger partial charge < -0.3 is 5.73 Å². The highest BCUT2D eigenvalue weighted by atomic mass is 15.4. The van der Waals surface area contributed by atoms with Crippen LogP contribution in [0, 0.1) is 0 Å². The lowest BCUT2D eigenvalue weighted by Crippen LogP contribution is -2.02. The molecule has 0 saturated heterocycles. The van der Waals surface area contributed by atoms with Gasteiger partial charge in [-0.25, -0.2) is 4.68 Å². The maximum atomic E-state index is 5.51. The third-order valence-electron chi connectivity index (χ3n) is 2.80. The van der Waals surface area contributed by atoms with Gasteiger partial charge in [-0.3, -0.25) is 4.98 Å². The first-order valence-corrected chi connectivity index (χ1v) is 5.84. The van der Waals surface area contributed by atoms with E-state index in [0.717, 1.165) is 28.7 Å². The summed E-state index contributed by atoms with van der Waals surface area (Å²) >= 11 is 0. The van der Waals surface area contributed by atoms with Crippen LogP contribution in [0.1, 0.15) is 5.69 Å². The first-order chi connectivity index (χ1) is 8.88. The van der Waals surface area contributed by atoms with E-state index in [2.05, 4.69) is 15.3 Å². The standard InChI is InChI=1S/C13H13N5/c14-7-6-11-9-18(17-16-11)12-5-1-3-10-4-2-8-15-13(10)12/h1-5,8-9H,6-7,14H2. The molecule has 0 bridgehead atoms. The molecule has 0 unspecified atom stereocenters. The number of nitrogens with two attached hydrogens (primary N) is 1. The van der Waals surface area contributed by atoms with Crippen LogP contribution in [0.3, 0.4) is 0 Å². The van der Waals surface area contributed by atoms with Crippen molar-refractivity contribution in [3.8, 4) is 5.69 Å². The Bertz CT molecular complexity index is 668. The zero-order chi connectivity index (χ0) is 12.4. The van der Waals surface area contributed by atoms with Crippen molar-refractivity contribution in [3.63, 3.8) is 0 Å². The van der Waals surface area contributed by atoms with Crippen LogP contribution in [0.4, 0.5) is 0 Å². The number of aromatic nitrogens is 4. The Kier molecular flexibility index (Phi) is 2.74. The molecule has 3 aromatic rings. The Balaban J connectivity index is 2.12. The van der Waals surface area contributed by atoms with Crippen molar-refractivity contribution in [1.29, 1.82) is 0 Å². The average molecular weight is 239 g/mol. The molecule has 90 valence electrons. The molecule has 1 aromatic carbocycles. The maximum absolute atomic E-state index is 5.51. The van der Waals surface area contributed by atoms with Crippen LogP contribution < -0.4 is 5.73 Å². The van der Waals surface area contributed by atoms with Gasteiger partial charge in [-0.1, -0.05) is 23.4 Å². The molecular formula is C13H13N5. The summed E-state index contributed by atoms with van der Waals surface area (Å²) in [5, 5.41) is 9.31. The van der Waals surface area contributed by atoms with Gasteiger partial charge in [0, 0.05) is 18.0 Å². The van der Waals surface area contributed by atoms with Gasteiger partial charge >= 0.3 is 0 Å². The highest BCUT2D eigenvalue weighted by Crippen LogP contribution is 2.19. The summed E-state index contributed by atoms with van der Waals surface area (Å²) in [5.74, 6) is 0. The van der Waals surface area contributed by atoms with Crippen LogP contribution >= 0.6 is 0 Å². The number of hydrogen-bond acceptors (Lipinski definition) is 4. The fraction of sp³-hybridized carbons (Fsp3) is 0.154. The van der Waals surface area contributed by atoms with Gasteiger partial charge in [-0.2, -0.15) is 0 Å². The summed E-state index contributed by atoms with van der Waals surface area (Å²) in [7, 11) is 0. The summed E-state index contributed by atoms with van der Waals surface area (Å²) in [6.45, 7) is 0.576. The van der Waals surface area contributed by atoms with Gasteiger partial charge in [0.05, 0.1) is 23.1 Å². The number of rotatable bonds is 3. The van der Waals surface area contributed by atoms with Crippen LogP contribution in [0.2, 0.25) is 0 Å². The van der Waals surface area contributed by atoms with E-state index in [4.69, 9.17) is 5.73 Å². The van der Waals surface area contributed by atoms with Crippen LogP contribution in [0.25, 0.3) is 16.6 Å². The molecule has 18 heavy (non-hydrogen) atoms. The van der Waals surface area contributed by atoms with Crippen molar-refractivity contribution < 1.29 is 0 Å². The van der Waals surface area contributed by atoms with Crippen molar-refractivity contribution in [2.45, 2.75) is 6.42 Å². The Hall–Kier alpha value is -2.27. The third-order valence-corrected chi connectivity index (χ3v) is 2.80. The Morgan fingerprint density at radius 1 is 1.17 bits per heavy atom. The molecule has 0 amide bonds. The van der Waals surface area contributed by atoms with E-state index in [1.165, 1.54) is 0 Å². The molecule has 2 heterocycles. The monoisotopic (exact) mass is 239 g/mol. The first-order valence-electron chi connectivity index (χ1n) is 5.84. The van der Waals surface area contributed by atoms with Crippen molar-refractivity contribution in [3.05, 3.63) is 48.4 Å². The fourth-order valence-corrected chi connectivity index (χ4v) is 1.95.